The van der Waals surface area contributed by atoms with E-state index in [4.69, 9.17) is 8.48 Å². The van der Waals surface area contributed by atoms with Crippen molar-refractivity contribution in [3.8, 4) is 17.0 Å². The van der Waals surface area contributed by atoms with Crippen molar-refractivity contribution in [2.24, 2.45) is 5.92 Å². The summed E-state index contributed by atoms with van der Waals surface area (Å²) in [4.78, 5) is 22.2. The number of carbonyl (C=O) groups is 1. The van der Waals surface area contributed by atoms with E-state index >= 15 is 4.39 Å². The van der Waals surface area contributed by atoms with Crippen molar-refractivity contribution < 1.29 is 17.0 Å². The second kappa shape index (κ2) is 16.4. The van der Waals surface area contributed by atoms with Crippen LogP contribution in [0.5, 0.6) is 5.75 Å². The summed E-state index contributed by atoms with van der Waals surface area (Å²) in [6, 6.07) is 21.0. The zero-order valence-corrected chi connectivity index (χ0v) is 33.1. The summed E-state index contributed by atoms with van der Waals surface area (Å²) in [5.41, 5.74) is 12.7. The van der Waals surface area contributed by atoms with Crippen LogP contribution in [0.1, 0.15) is 74.7 Å². The van der Waals surface area contributed by atoms with Crippen LogP contribution in [-0.4, -0.2) is 94.6 Å². The monoisotopic (exact) mass is 785 g/mol. The molecular weight excluding hydrogens is 730 g/mol. The number of piperidine rings is 3. The normalized spacial score (nSPS) is 23.0. The molecule has 0 spiro atoms. The lowest BCUT2D eigenvalue weighted by Crippen LogP contribution is -2.43. The number of nitrogens with zero attached hydrogens (tertiary/aromatic N) is 7. The Balaban J connectivity index is 0.767. The van der Waals surface area contributed by atoms with Crippen molar-refractivity contribution in [1.29, 1.82) is 0 Å². The maximum Gasteiger partial charge on any atom is 0.253 e. The molecule has 11 nitrogen and oxygen atoms in total. The fourth-order valence-corrected chi connectivity index (χ4v) is 9.62. The Bertz CT molecular complexity index is 2390. The lowest BCUT2D eigenvalue weighted by molar-refractivity contribution is 0.0653. The Morgan fingerprint density at radius 1 is 0.966 bits per heavy atom. The molecule has 302 valence electrons. The molecule has 58 heavy (non-hydrogen) atoms. The van der Waals surface area contributed by atoms with Crippen LogP contribution in [0.15, 0.2) is 85.2 Å². The molecule has 0 saturated carbocycles. The molecule has 0 aliphatic carbocycles. The van der Waals surface area contributed by atoms with Gasteiger partial charge in [0.25, 0.3) is 5.91 Å². The van der Waals surface area contributed by atoms with E-state index in [-0.39, 0.29) is 23.4 Å². The number of phenols is 1. The molecule has 12 heteroatoms. The third kappa shape index (κ3) is 7.75. The largest absolute Gasteiger partial charge is 0.507 e. The molecule has 4 aliphatic heterocycles. The van der Waals surface area contributed by atoms with Crippen LogP contribution in [0.4, 0.5) is 21.6 Å². The summed E-state index contributed by atoms with van der Waals surface area (Å²) in [5, 5.41) is 22.7. The Kier molecular flexibility index (Phi) is 10.1. The number of rotatable bonds is 8. The van der Waals surface area contributed by atoms with Crippen molar-refractivity contribution in [2.75, 3.05) is 74.5 Å². The van der Waals surface area contributed by atoms with Crippen LogP contribution in [0.2, 0.25) is 0 Å². The molecule has 3 saturated heterocycles. The number of fused-ring (bicyclic) bond motifs is 1. The number of benzene rings is 3. The van der Waals surface area contributed by atoms with Crippen molar-refractivity contribution in [3.63, 3.8) is 0 Å². The van der Waals surface area contributed by atoms with E-state index in [1.54, 1.807) is 30.5 Å². The number of nitrogens with one attached hydrogen (secondary N) is 1. The zero-order chi connectivity index (χ0) is 41.5. The van der Waals surface area contributed by atoms with E-state index < -0.39 is 13.2 Å². The Hall–Kier alpha value is -5.46. The number of anilines is 3. The summed E-state index contributed by atoms with van der Waals surface area (Å²) >= 11 is 0. The summed E-state index contributed by atoms with van der Waals surface area (Å²) in [7, 11) is 0. The van der Waals surface area contributed by atoms with Crippen LogP contribution in [-0.2, 0) is 0 Å². The van der Waals surface area contributed by atoms with E-state index in [1.165, 1.54) is 10.5 Å². The van der Waals surface area contributed by atoms with E-state index in [9.17, 15) is 9.90 Å². The SMILES string of the molecule is [2H]C1C=CN(c2cc3ccn(C4CCN(CC5CCN(C(=O)c6ccc(C7CCCN(c8cc(-c9ccccc9O)nnc8N)C7)c(C)c6)CC5)CC4)c3cc2F)C([2H])N1. The van der Waals surface area contributed by atoms with Gasteiger partial charge in [-0.25, -0.2) is 4.39 Å². The molecule has 1 amide bonds. The number of amides is 1. The predicted molar refractivity (Wildman–Crippen MR) is 229 cm³/mol. The van der Waals surface area contributed by atoms with Gasteiger partial charge >= 0.3 is 0 Å². The quantitative estimate of drug-likeness (QED) is 0.149. The molecule has 9 rings (SSSR count). The number of para-hydroxylation sites is 1. The number of likely N-dealkylation sites (tertiary alicyclic amines) is 2. The highest BCUT2D eigenvalue weighted by atomic mass is 19.1. The van der Waals surface area contributed by atoms with Gasteiger partial charge in [-0.05, 0) is 105 Å². The van der Waals surface area contributed by atoms with Gasteiger partial charge in [-0.15, -0.1) is 10.2 Å². The number of hydrogen-bond acceptors (Lipinski definition) is 9. The molecule has 0 bridgehead atoms. The Labute approximate surface area is 342 Å². The number of aromatic nitrogens is 3. The van der Waals surface area contributed by atoms with Gasteiger partial charge in [0.2, 0.25) is 0 Å². The van der Waals surface area contributed by atoms with E-state index in [0.717, 1.165) is 112 Å². The second-order valence-electron chi connectivity index (χ2n) is 16.4. The highest BCUT2D eigenvalue weighted by molar-refractivity contribution is 5.94. The van der Waals surface area contributed by atoms with Gasteiger partial charge in [-0.3, -0.25) is 10.1 Å². The first-order valence-electron chi connectivity index (χ1n) is 21.9. The summed E-state index contributed by atoms with van der Waals surface area (Å²) in [5.74, 6) is 1.09. The van der Waals surface area contributed by atoms with Gasteiger partial charge in [-0.1, -0.05) is 24.3 Å². The number of phenolic OH excluding ortho intramolecular Hbond substituents is 1. The fourth-order valence-electron chi connectivity index (χ4n) is 9.62. The number of nitrogens with two attached hydrogens (primary N) is 1. The van der Waals surface area contributed by atoms with Crippen LogP contribution in [0.25, 0.3) is 22.2 Å². The van der Waals surface area contributed by atoms with Gasteiger partial charge in [-0.2, -0.15) is 0 Å². The van der Waals surface area contributed by atoms with E-state index in [1.807, 2.05) is 41.3 Å². The summed E-state index contributed by atoms with van der Waals surface area (Å²) in [6.07, 6.45) is 11.3. The number of nitrogen functional groups attached to an aromatic ring is 1. The fraction of sp³-hybridized carbons (Fsp3) is 0.413. The molecule has 4 aliphatic rings. The molecule has 0 radical (unpaired) electrons. The lowest BCUT2D eigenvalue weighted by Gasteiger charge is -2.38. The molecule has 5 aromatic rings. The van der Waals surface area contributed by atoms with Crippen LogP contribution >= 0.6 is 0 Å². The average molecular weight is 786 g/mol. The molecule has 3 fully saturated rings. The van der Waals surface area contributed by atoms with E-state index in [0.29, 0.717) is 34.7 Å². The standard InChI is InChI=1S/C46H54FN9O2/c1-31-24-34(9-10-37(31)35-6-4-17-54(29-35)43-27-40(50-51-45(43)48)38-7-2-3-8-44(38)57)46(58)53-21-11-32(12-22-53)28-52-19-14-36(15-20-52)56-23-13-33-25-42(39(47)26-41(33)56)55-18-5-16-49-30-55/h2-3,5,7-10,13,18,23-27,32,35-36,49,57H,4,6,11-12,14-17,19-22,28-30H2,1H3,(H2,48,51)/i16D,30D. The highest BCUT2D eigenvalue weighted by Crippen LogP contribution is 2.37. The molecule has 6 heterocycles. The summed E-state index contributed by atoms with van der Waals surface area (Å²) in [6.45, 7) is 6.68. The lowest BCUT2D eigenvalue weighted by atomic mass is 9.86. The topological polar surface area (TPSA) is 119 Å². The van der Waals surface area contributed by atoms with Gasteiger partial charge in [0, 0.05) is 101 Å². The van der Waals surface area contributed by atoms with Crippen molar-refractivity contribution in [3.05, 3.63) is 108 Å². The highest BCUT2D eigenvalue weighted by Gasteiger charge is 2.30. The van der Waals surface area contributed by atoms with Crippen LogP contribution in [0.3, 0.4) is 0 Å². The molecule has 2 aromatic heterocycles. The van der Waals surface area contributed by atoms with Gasteiger partial charge < -0.3 is 35.0 Å². The number of hydrogen-bond donors (Lipinski definition) is 3. The minimum atomic E-state index is -0.918. The van der Waals surface area contributed by atoms with Gasteiger partial charge in [0.15, 0.2) is 5.82 Å². The predicted octanol–water partition coefficient (Wildman–Crippen LogP) is 7.29. The minimum absolute atomic E-state index is 0.106. The average Bonchev–Trinajstić information content (AvgIpc) is 3.66. The van der Waals surface area contributed by atoms with Gasteiger partial charge in [0.1, 0.15) is 11.6 Å². The molecule has 3 atom stereocenters. The molecule has 3 aromatic carbocycles. The molecule has 3 unspecified atom stereocenters. The number of aryl methyl sites for hydroxylation is 1. The Morgan fingerprint density at radius 2 is 1.79 bits per heavy atom. The second-order valence-corrected chi connectivity index (χ2v) is 16.4. The molecule has 4 N–H and O–H groups in total. The third-order valence-electron chi connectivity index (χ3n) is 12.8. The van der Waals surface area contributed by atoms with Gasteiger partial charge in [0.05, 0.1) is 30.6 Å². The third-order valence-corrected chi connectivity index (χ3v) is 12.8. The first-order chi connectivity index (χ1) is 29.1. The van der Waals surface area contributed by atoms with Crippen molar-refractivity contribution in [2.45, 2.75) is 57.4 Å². The van der Waals surface area contributed by atoms with E-state index in [2.05, 4.69) is 55.1 Å². The smallest absolute Gasteiger partial charge is 0.253 e. The number of halogens is 1. The first kappa shape index (κ1) is 35.7. The molecular formula is C46H54FN9O2. The summed E-state index contributed by atoms with van der Waals surface area (Å²) < 4.78 is 33.7. The Morgan fingerprint density at radius 3 is 2.59 bits per heavy atom. The van der Waals surface area contributed by atoms with Crippen LogP contribution in [0, 0.1) is 18.7 Å². The van der Waals surface area contributed by atoms with Crippen molar-refractivity contribution in [1.82, 2.24) is 29.9 Å². The minimum Gasteiger partial charge on any atom is -0.507 e. The number of aromatic hydroxyl groups is 1. The number of carbonyl (C=O) groups excluding carboxylic acids is 1. The van der Waals surface area contributed by atoms with Crippen molar-refractivity contribution >= 4 is 34.0 Å². The zero-order valence-electron chi connectivity index (χ0n) is 35.1. The van der Waals surface area contributed by atoms with Crippen LogP contribution < -0.4 is 20.9 Å². The maximum atomic E-state index is 15.4. The maximum absolute atomic E-state index is 15.4. The first-order valence-corrected chi connectivity index (χ1v) is 20.8.